The van der Waals surface area contributed by atoms with Crippen molar-refractivity contribution in [2.24, 2.45) is 0 Å². The Kier molecular flexibility index (Phi) is 9.18. The zero-order valence-electron chi connectivity index (χ0n) is 23.5. The minimum absolute atomic E-state index is 0.163. The van der Waals surface area contributed by atoms with Gasteiger partial charge in [0, 0.05) is 72.9 Å². The van der Waals surface area contributed by atoms with Crippen LogP contribution in [0.1, 0.15) is 60.5 Å². The topological polar surface area (TPSA) is 65.6 Å². The first kappa shape index (κ1) is 27.8. The molecule has 4 aromatic rings. The highest BCUT2D eigenvalue weighted by atomic mass is 32.2. The van der Waals surface area contributed by atoms with Crippen molar-refractivity contribution < 1.29 is 14.0 Å². The Morgan fingerprint density at radius 2 is 1.76 bits per heavy atom. The zero-order chi connectivity index (χ0) is 27.9. The maximum Gasteiger partial charge on any atom is 0.167 e. The van der Waals surface area contributed by atoms with E-state index in [-0.39, 0.29) is 12.4 Å². The van der Waals surface area contributed by atoms with Crippen molar-refractivity contribution in [1.29, 1.82) is 0 Å². The number of ether oxygens (including phenoxy) is 2. The highest BCUT2D eigenvalue weighted by Crippen LogP contribution is 2.25. The minimum atomic E-state index is -0.176. The molecule has 0 amide bonds. The summed E-state index contributed by atoms with van der Waals surface area (Å²) in [4.78, 5) is 7.05. The molecule has 2 aliphatic rings. The van der Waals surface area contributed by atoms with Crippen molar-refractivity contribution in [3.8, 4) is 23.2 Å². The third-order valence-electron chi connectivity index (χ3n) is 7.48. The monoisotopic (exact) mass is 568 g/mol. The second-order valence-corrected chi connectivity index (χ2v) is 11.8. The van der Waals surface area contributed by atoms with E-state index >= 15 is 0 Å². The third kappa shape index (κ3) is 7.49. The summed E-state index contributed by atoms with van der Waals surface area (Å²) in [5.41, 5.74) is 5.12. The van der Waals surface area contributed by atoms with Gasteiger partial charge in [-0.3, -0.25) is 4.90 Å². The van der Waals surface area contributed by atoms with Gasteiger partial charge in [-0.05, 0) is 68.1 Å². The van der Waals surface area contributed by atoms with E-state index in [0.29, 0.717) is 6.54 Å². The summed E-state index contributed by atoms with van der Waals surface area (Å²) in [5.74, 6) is 10.6. The molecule has 0 radical (unpaired) electrons. The lowest BCUT2D eigenvalue weighted by Gasteiger charge is -2.26. The molecule has 0 saturated carbocycles. The lowest BCUT2D eigenvalue weighted by atomic mass is 10.1. The van der Waals surface area contributed by atoms with Crippen molar-refractivity contribution in [2.75, 3.05) is 31.2 Å². The maximum absolute atomic E-state index is 6.12. The molecular weight excluding hydrogens is 532 g/mol. The Bertz CT molecular complexity index is 1460. The van der Waals surface area contributed by atoms with Gasteiger partial charge in [-0.15, -0.1) is 0 Å². The van der Waals surface area contributed by atoms with Gasteiger partial charge in [0.25, 0.3) is 0 Å². The second kappa shape index (κ2) is 13.5. The Balaban J connectivity index is 1.05. The fourth-order valence-corrected chi connectivity index (χ4v) is 6.17. The minimum Gasteiger partial charge on any atom is -0.356 e. The Morgan fingerprint density at radius 3 is 2.49 bits per heavy atom. The number of imidazole rings is 1. The summed E-state index contributed by atoms with van der Waals surface area (Å²) >= 11 is 2.04. The van der Waals surface area contributed by atoms with Crippen LogP contribution in [0.4, 0.5) is 0 Å². The van der Waals surface area contributed by atoms with Gasteiger partial charge >= 0.3 is 0 Å². The number of aromatic nitrogens is 3. The van der Waals surface area contributed by atoms with Crippen molar-refractivity contribution in [3.05, 3.63) is 95.2 Å². The lowest BCUT2D eigenvalue weighted by Crippen LogP contribution is -2.31. The summed E-state index contributed by atoms with van der Waals surface area (Å²) in [7, 11) is 0. The summed E-state index contributed by atoms with van der Waals surface area (Å²) < 4.78 is 19.6. The number of hydrogen-bond acceptors (Lipinski definition) is 7. The number of benzene rings is 2. The Hall–Kier alpha value is -3.35. The van der Waals surface area contributed by atoms with Gasteiger partial charge < -0.3 is 18.6 Å². The van der Waals surface area contributed by atoms with Crippen LogP contribution in [-0.2, 0) is 22.6 Å². The van der Waals surface area contributed by atoms with Crippen LogP contribution in [0.2, 0.25) is 0 Å². The first-order chi connectivity index (χ1) is 20.2. The molecule has 1 unspecified atom stereocenters. The number of nitrogens with zero attached hydrogens (tertiary/aromatic N) is 4. The quantitative estimate of drug-likeness (QED) is 0.237. The van der Waals surface area contributed by atoms with Crippen molar-refractivity contribution >= 4 is 11.8 Å². The molecule has 0 N–H and O–H groups in total. The van der Waals surface area contributed by atoms with Gasteiger partial charge in [-0.25, -0.2) is 4.98 Å². The summed E-state index contributed by atoms with van der Waals surface area (Å²) in [6.45, 7) is 6.69. The molecule has 8 heteroatoms. The molecule has 2 aromatic carbocycles. The lowest BCUT2D eigenvalue weighted by molar-refractivity contribution is -0.188. The van der Waals surface area contributed by atoms with E-state index in [1.165, 1.54) is 30.2 Å². The first-order valence-electron chi connectivity index (χ1n) is 14.4. The van der Waals surface area contributed by atoms with Gasteiger partial charge in [0.15, 0.2) is 12.1 Å². The van der Waals surface area contributed by atoms with Crippen LogP contribution in [0.3, 0.4) is 0 Å². The van der Waals surface area contributed by atoms with E-state index in [1.807, 2.05) is 59.8 Å². The molecule has 0 spiro atoms. The van der Waals surface area contributed by atoms with E-state index in [9.17, 15) is 0 Å². The van der Waals surface area contributed by atoms with Crippen LogP contribution in [0.25, 0.3) is 11.3 Å². The van der Waals surface area contributed by atoms with Gasteiger partial charge in [-0.2, -0.15) is 11.8 Å². The molecule has 2 aromatic heterocycles. The fourth-order valence-electron chi connectivity index (χ4n) is 5.19. The molecule has 2 aliphatic heterocycles. The van der Waals surface area contributed by atoms with E-state index < -0.39 is 0 Å². The molecule has 7 nitrogen and oxygen atoms in total. The molecule has 2 saturated heterocycles. The average Bonchev–Trinajstić information content (AvgIpc) is 3.68. The second-order valence-electron chi connectivity index (χ2n) is 10.6. The van der Waals surface area contributed by atoms with Crippen LogP contribution in [0.15, 0.2) is 71.5 Å². The summed E-state index contributed by atoms with van der Waals surface area (Å²) in [6.07, 6.45) is 6.55. The van der Waals surface area contributed by atoms with Crippen LogP contribution in [-0.4, -0.2) is 57.1 Å². The van der Waals surface area contributed by atoms with Crippen LogP contribution < -0.4 is 0 Å². The van der Waals surface area contributed by atoms with Gasteiger partial charge in [-0.1, -0.05) is 29.1 Å². The van der Waals surface area contributed by atoms with Crippen molar-refractivity contribution in [1.82, 2.24) is 19.6 Å². The van der Waals surface area contributed by atoms with E-state index in [0.717, 1.165) is 66.4 Å². The molecule has 2 atom stereocenters. The van der Waals surface area contributed by atoms with Crippen molar-refractivity contribution in [2.45, 2.75) is 51.7 Å². The molecule has 41 heavy (non-hydrogen) atoms. The van der Waals surface area contributed by atoms with E-state index in [1.54, 1.807) is 6.20 Å². The van der Waals surface area contributed by atoms with Gasteiger partial charge in [0.05, 0.1) is 6.54 Å². The van der Waals surface area contributed by atoms with E-state index in [2.05, 4.69) is 51.1 Å². The maximum atomic E-state index is 6.12. The van der Waals surface area contributed by atoms with Gasteiger partial charge in [0.2, 0.25) is 0 Å². The summed E-state index contributed by atoms with van der Waals surface area (Å²) in [6, 6.07) is 18.7. The highest BCUT2D eigenvalue weighted by Gasteiger charge is 2.21. The smallest absolute Gasteiger partial charge is 0.167 e. The SMILES string of the molecule is C[C@H](OC1CCCCO1)c1nccn1Cc1cc(-c2ccc(C#Cc3ccc(CN4CCSCC4)cc3)cc2)on1. The standard InChI is InChI=1S/C33H36N4O3S/c1-25(39-32-4-2-3-19-38-32)33-34-15-16-37(33)24-30-22-31(40-35-30)29-13-11-27(12-14-29)6-5-26-7-9-28(10-8-26)23-36-17-20-41-21-18-36/h7-16,22,25,32H,2-4,17-21,23-24H2,1H3/t25-,32?/m0/s1. The number of thioether (sulfide) groups is 1. The molecule has 0 bridgehead atoms. The Labute approximate surface area is 246 Å². The largest absolute Gasteiger partial charge is 0.356 e. The predicted molar refractivity (Wildman–Crippen MR) is 161 cm³/mol. The fraction of sp³-hybridized carbons (Fsp3) is 0.394. The molecule has 4 heterocycles. The van der Waals surface area contributed by atoms with Crippen LogP contribution in [0.5, 0.6) is 0 Å². The molecule has 6 rings (SSSR count). The molecule has 212 valence electrons. The molecule has 0 aliphatic carbocycles. The number of hydrogen-bond donors (Lipinski definition) is 0. The molecular formula is C33H36N4O3S. The summed E-state index contributed by atoms with van der Waals surface area (Å²) in [5, 5.41) is 4.30. The highest BCUT2D eigenvalue weighted by molar-refractivity contribution is 7.99. The number of rotatable bonds is 8. The third-order valence-corrected chi connectivity index (χ3v) is 8.42. The van der Waals surface area contributed by atoms with Crippen molar-refractivity contribution in [3.63, 3.8) is 0 Å². The van der Waals surface area contributed by atoms with Crippen LogP contribution >= 0.6 is 11.8 Å². The average molecular weight is 569 g/mol. The van der Waals surface area contributed by atoms with Crippen LogP contribution in [0, 0.1) is 11.8 Å². The molecule has 2 fully saturated rings. The normalized spacial score (nSPS) is 18.5. The van der Waals surface area contributed by atoms with Gasteiger partial charge in [0.1, 0.15) is 17.6 Å². The zero-order valence-corrected chi connectivity index (χ0v) is 24.3. The van der Waals surface area contributed by atoms with E-state index in [4.69, 9.17) is 14.0 Å². The predicted octanol–water partition coefficient (Wildman–Crippen LogP) is 6.14. The first-order valence-corrected chi connectivity index (χ1v) is 15.6. The Morgan fingerprint density at radius 1 is 1.00 bits per heavy atom.